The molecule has 2 N–H and O–H groups in total. The number of thiophene rings is 1. The molecule has 0 unspecified atom stereocenters. The maximum atomic E-state index is 12.8. The molecule has 3 rings (SSSR count). The fraction of sp³-hybridized carbons (Fsp3) is 0. The Morgan fingerprint density at radius 3 is 1.86 bits per heavy atom. The molecular weight excluding hydrogens is 522 g/mol. The van der Waals surface area contributed by atoms with E-state index in [-0.39, 0.29) is 40.6 Å². The van der Waals surface area contributed by atoms with Crippen LogP contribution in [0.25, 0.3) is 0 Å². The van der Waals surface area contributed by atoms with Gasteiger partial charge in [0.15, 0.2) is 0 Å². The molecule has 0 fully saturated rings. The van der Waals surface area contributed by atoms with Gasteiger partial charge in [-0.3, -0.25) is 9.44 Å². The molecule has 2 aromatic carbocycles. The lowest BCUT2D eigenvalue weighted by Gasteiger charge is -2.16. The molecule has 154 valence electrons. The van der Waals surface area contributed by atoms with Crippen LogP contribution in [-0.4, -0.2) is 16.8 Å². The highest BCUT2D eigenvalue weighted by Gasteiger charge is 2.23. The maximum absolute atomic E-state index is 12.8. The van der Waals surface area contributed by atoms with E-state index < -0.39 is 20.0 Å². The minimum absolute atomic E-state index is 0.0145. The Hall–Kier alpha value is -1.20. The molecule has 0 aliphatic carbocycles. The van der Waals surface area contributed by atoms with Gasteiger partial charge in [-0.05, 0) is 41.8 Å². The third kappa shape index (κ3) is 5.11. The second-order valence-electron chi connectivity index (χ2n) is 5.53. The highest BCUT2D eigenvalue weighted by molar-refractivity contribution is 7.94. The zero-order valence-electron chi connectivity index (χ0n) is 14.0. The summed E-state index contributed by atoms with van der Waals surface area (Å²) in [6.45, 7) is 0. The van der Waals surface area contributed by atoms with E-state index in [1.54, 1.807) is 11.4 Å². The van der Waals surface area contributed by atoms with E-state index in [0.29, 0.717) is 0 Å². The quantitative estimate of drug-likeness (QED) is 0.410. The molecule has 0 bridgehead atoms. The Morgan fingerprint density at radius 2 is 1.31 bits per heavy atom. The first-order valence-corrected chi connectivity index (χ1v) is 12.9. The summed E-state index contributed by atoms with van der Waals surface area (Å²) in [6, 6.07) is 9.28. The standard InChI is InChI=1S/C16H10Cl4N2O4S3/c17-9-3-4-10(18)15(6-9)28(23,24)21-13-7-11(19)12(20)8-14(13)22-29(25,26)16-2-1-5-27-16/h1-8,21-22H. The van der Waals surface area contributed by atoms with Gasteiger partial charge in [-0.2, -0.15) is 0 Å². The Kier molecular flexibility index (Phi) is 6.59. The van der Waals surface area contributed by atoms with Gasteiger partial charge in [0.25, 0.3) is 20.0 Å². The first-order valence-electron chi connectivity index (χ1n) is 7.53. The topological polar surface area (TPSA) is 92.3 Å². The zero-order valence-corrected chi connectivity index (χ0v) is 19.5. The highest BCUT2D eigenvalue weighted by atomic mass is 35.5. The fourth-order valence-electron chi connectivity index (χ4n) is 2.21. The lowest BCUT2D eigenvalue weighted by molar-refractivity contribution is 0.599. The van der Waals surface area contributed by atoms with Gasteiger partial charge in [0.2, 0.25) is 0 Å². The highest BCUT2D eigenvalue weighted by Crippen LogP contribution is 2.36. The van der Waals surface area contributed by atoms with Crippen molar-refractivity contribution >= 4 is 89.2 Å². The van der Waals surface area contributed by atoms with Crippen LogP contribution in [-0.2, 0) is 20.0 Å². The molecule has 3 aromatic rings. The Bertz CT molecular complexity index is 1280. The van der Waals surface area contributed by atoms with Crippen molar-refractivity contribution in [2.45, 2.75) is 9.10 Å². The molecule has 0 atom stereocenters. The molecular formula is C16H10Cl4N2O4S3. The SMILES string of the molecule is O=S(=O)(Nc1cc(Cl)c(Cl)cc1NS(=O)(=O)c1cc(Cl)ccc1Cl)c1cccs1. The molecule has 0 aliphatic heterocycles. The summed E-state index contributed by atoms with van der Waals surface area (Å²) in [5, 5.41) is 1.72. The lowest BCUT2D eigenvalue weighted by atomic mass is 10.3. The van der Waals surface area contributed by atoms with Crippen LogP contribution in [0.2, 0.25) is 20.1 Å². The molecule has 13 heteroatoms. The van der Waals surface area contributed by atoms with E-state index in [4.69, 9.17) is 46.4 Å². The van der Waals surface area contributed by atoms with Gasteiger partial charge in [0, 0.05) is 5.02 Å². The summed E-state index contributed by atoms with van der Waals surface area (Å²) in [6.07, 6.45) is 0. The van der Waals surface area contributed by atoms with Crippen LogP contribution < -0.4 is 9.44 Å². The third-order valence-electron chi connectivity index (χ3n) is 3.49. The van der Waals surface area contributed by atoms with Crippen LogP contribution in [0, 0.1) is 0 Å². The van der Waals surface area contributed by atoms with E-state index >= 15 is 0 Å². The summed E-state index contributed by atoms with van der Waals surface area (Å²) in [5.74, 6) is 0. The van der Waals surface area contributed by atoms with Crippen molar-refractivity contribution in [1.29, 1.82) is 0 Å². The van der Waals surface area contributed by atoms with Crippen molar-refractivity contribution in [3.05, 3.63) is 67.9 Å². The van der Waals surface area contributed by atoms with Crippen molar-refractivity contribution in [3.8, 4) is 0 Å². The smallest absolute Gasteiger partial charge is 0.271 e. The van der Waals surface area contributed by atoms with Crippen LogP contribution >= 0.6 is 57.7 Å². The molecule has 0 amide bonds. The second-order valence-corrected chi connectivity index (χ2v) is 11.7. The summed E-state index contributed by atoms with van der Waals surface area (Å²) in [5.41, 5.74) is -0.259. The van der Waals surface area contributed by atoms with E-state index in [1.165, 1.54) is 36.4 Å². The van der Waals surface area contributed by atoms with Crippen LogP contribution in [0.1, 0.15) is 0 Å². The fourth-order valence-corrected chi connectivity index (χ4v) is 6.44. The number of sulfonamides is 2. The number of halogens is 4. The summed E-state index contributed by atoms with van der Waals surface area (Å²) in [7, 11) is -8.20. The molecule has 29 heavy (non-hydrogen) atoms. The number of rotatable bonds is 6. The van der Waals surface area contributed by atoms with E-state index in [9.17, 15) is 16.8 Å². The predicted molar refractivity (Wildman–Crippen MR) is 119 cm³/mol. The predicted octanol–water partition coefficient (Wildman–Crippen LogP) is 5.96. The number of benzene rings is 2. The molecule has 0 saturated carbocycles. The van der Waals surface area contributed by atoms with E-state index in [0.717, 1.165) is 11.3 Å². The third-order valence-corrected chi connectivity index (χ3v) is 9.06. The van der Waals surface area contributed by atoms with Gasteiger partial charge in [0.1, 0.15) is 9.10 Å². The van der Waals surface area contributed by atoms with Gasteiger partial charge < -0.3 is 0 Å². The van der Waals surface area contributed by atoms with Crippen molar-refractivity contribution in [2.75, 3.05) is 9.44 Å². The number of hydrogen-bond acceptors (Lipinski definition) is 5. The number of hydrogen-bond donors (Lipinski definition) is 2. The van der Waals surface area contributed by atoms with Crippen molar-refractivity contribution in [2.24, 2.45) is 0 Å². The maximum Gasteiger partial charge on any atom is 0.271 e. The molecule has 0 aliphatic rings. The van der Waals surface area contributed by atoms with Crippen LogP contribution in [0.3, 0.4) is 0 Å². The Labute approximate surface area is 191 Å². The number of anilines is 2. The minimum atomic E-state index is -4.23. The average molecular weight is 532 g/mol. The van der Waals surface area contributed by atoms with Crippen molar-refractivity contribution < 1.29 is 16.8 Å². The van der Waals surface area contributed by atoms with Gasteiger partial charge in [0.05, 0.1) is 26.4 Å². The largest absolute Gasteiger partial charge is 0.277 e. The van der Waals surface area contributed by atoms with Gasteiger partial charge in [-0.1, -0.05) is 52.5 Å². The Balaban J connectivity index is 2.05. The molecule has 0 spiro atoms. The van der Waals surface area contributed by atoms with E-state index in [1.807, 2.05) is 0 Å². The molecule has 1 heterocycles. The molecule has 1 aromatic heterocycles. The minimum Gasteiger partial charge on any atom is -0.277 e. The molecule has 0 radical (unpaired) electrons. The average Bonchev–Trinajstić information content (AvgIpc) is 3.16. The van der Waals surface area contributed by atoms with Crippen LogP contribution in [0.5, 0.6) is 0 Å². The summed E-state index contributed by atoms with van der Waals surface area (Å²) in [4.78, 5) is -0.287. The molecule has 6 nitrogen and oxygen atoms in total. The first-order chi connectivity index (χ1) is 13.5. The monoisotopic (exact) mass is 530 g/mol. The first kappa shape index (κ1) is 22.5. The van der Waals surface area contributed by atoms with Crippen molar-refractivity contribution in [1.82, 2.24) is 0 Å². The van der Waals surface area contributed by atoms with Gasteiger partial charge in [-0.15, -0.1) is 11.3 Å². The van der Waals surface area contributed by atoms with Gasteiger partial charge in [-0.25, -0.2) is 16.8 Å². The van der Waals surface area contributed by atoms with E-state index in [2.05, 4.69) is 9.44 Å². The number of nitrogens with one attached hydrogen (secondary N) is 2. The molecule has 0 saturated heterocycles. The van der Waals surface area contributed by atoms with Gasteiger partial charge >= 0.3 is 0 Å². The van der Waals surface area contributed by atoms with Crippen molar-refractivity contribution in [3.63, 3.8) is 0 Å². The summed E-state index contributed by atoms with van der Waals surface area (Å²) < 4.78 is 55.3. The van der Waals surface area contributed by atoms with Crippen LogP contribution in [0.4, 0.5) is 11.4 Å². The summed E-state index contributed by atoms with van der Waals surface area (Å²) >= 11 is 24.8. The lowest BCUT2D eigenvalue weighted by Crippen LogP contribution is -2.17. The normalized spacial score (nSPS) is 12.0. The Morgan fingerprint density at radius 1 is 0.724 bits per heavy atom. The van der Waals surface area contributed by atoms with Crippen LogP contribution in [0.15, 0.2) is 56.9 Å². The zero-order chi connectivity index (χ0) is 21.4. The second kappa shape index (κ2) is 8.50.